The van der Waals surface area contributed by atoms with Crippen LogP contribution in [-0.2, 0) is 4.79 Å². The van der Waals surface area contributed by atoms with E-state index in [2.05, 4.69) is 18.8 Å². The lowest BCUT2D eigenvalue weighted by molar-refractivity contribution is -0.417. The maximum Gasteiger partial charge on any atom is 0.315 e. The fourth-order valence-corrected chi connectivity index (χ4v) is 1.93. The molecule has 4 nitrogen and oxygen atoms in total. The first-order chi connectivity index (χ1) is 10.2. The summed E-state index contributed by atoms with van der Waals surface area (Å²) in [5, 5.41) is 10.9. The van der Waals surface area contributed by atoms with Crippen molar-refractivity contribution in [1.82, 2.24) is 0 Å². The summed E-state index contributed by atoms with van der Waals surface area (Å²) in [4.78, 5) is 20.6. The fraction of sp³-hybridized carbons (Fsp3) is 0.706. The highest BCUT2D eigenvalue weighted by atomic mass is 16.6. The molecular formula is C17H27NO3. The zero-order valence-electron chi connectivity index (χ0n) is 13.1. The van der Waals surface area contributed by atoms with Crippen LogP contribution < -0.4 is 0 Å². The third-order valence-electron chi connectivity index (χ3n) is 3.18. The van der Waals surface area contributed by atoms with Crippen LogP contribution in [-0.4, -0.2) is 11.2 Å². The van der Waals surface area contributed by atoms with E-state index in [0.29, 0.717) is 12.8 Å². The van der Waals surface area contributed by atoms with E-state index in [1.54, 1.807) is 6.08 Å². The van der Waals surface area contributed by atoms with E-state index in [1.807, 2.05) is 0 Å². The zero-order chi connectivity index (χ0) is 15.8. The number of carbonyl (C=O) groups is 1. The minimum absolute atomic E-state index is 0.0347. The van der Waals surface area contributed by atoms with Crippen LogP contribution in [0, 0.1) is 22.0 Å². The van der Waals surface area contributed by atoms with Crippen LogP contribution >= 0.6 is 0 Å². The van der Waals surface area contributed by atoms with Crippen molar-refractivity contribution in [2.75, 3.05) is 0 Å². The molecule has 0 N–H and O–H groups in total. The van der Waals surface area contributed by atoms with Crippen LogP contribution in [0.25, 0.3) is 0 Å². The number of hydrogen-bond donors (Lipinski definition) is 0. The number of allylic oxidation sites excluding steroid dienone is 2. The van der Waals surface area contributed by atoms with Crippen LogP contribution in [0.5, 0.6) is 0 Å². The molecule has 0 fully saturated rings. The molecule has 0 aliphatic heterocycles. The van der Waals surface area contributed by atoms with Crippen LogP contribution in [0.3, 0.4) is 0 Å². The quantitative estimate of drug-likeness (QED) is 0.173. The lowest BCUT2D eigenvalue weighted by Gasteiger charge is -1.95. The van der Waals surface area contributed by atoms with Crippen molar-refractivity contribution in [2.24, 2.45) is 0 Å². The highest BCUT2D eigenvalue weighted by molar-refractivity contribution is 5.48. The van der Waals surface area contributed by atoms with Gasteiger partial charge in [-0.05, 0) is 25.7 Å². The molecule has 118 valence electrons. The molecule has 0 aliphatic carbocycles. The summed E-state index contributed by atoms with van der Waals surface area (Å²) in [6.07, 6.45) is 13.0. The summed E-state index contributed by atoms with van der Waals surface area (Å²) in [5.41, 5.74) is 0.0347. The zero-order valence-corrected chi connectivity index (χ0v) is 13.1. The average Bonchev–Trinajstić information content (AvgIpc) is 2.47. The monoisotopic (exact) mass is 293 g/mol. The Morgan fingerprint density at radius 3 is 2.38 bits per heavy atom. The van der Waals surface area contributed by atoms with E-state index in [4.69, 9.17) is 0 Å². The molecule has 0 unspecified atom stereocenters. The van der Waals surface area contributed by atoms with Crippen molar-refractivity contribution >= 4 is 6.29 Å². The van der Waals surface area contributed by atoms with Crippen molar-refractivity contribution in [1.29, 1.82) is 0 Å². The summed E-state index contributed by atoms with van der Waals surface area (Å²) >= 11 is 0. The van der Waals surface area contributed by atoms with Gasteiger partial charge in [-0.25, -0.2) is 0 Å². The van der Waals surface area contributed by atoms with Gasteiger partial charge in [-0.15, -0.1) is 0 Å². The van der Waals surface area contributed by atoms with E-state index < -0.39 is 4.92 Å². The van der Waals surface area contributed by atoms with Crippen molar-refractivity contribution in [3.63, 3.8) is 0 Å². The van der Waals surface area contributed by atoms with Gasteiger partial charge in [0.05, 0.1) is 4.92 Å². The van der Waals surface area contributed by atoms with Crippen molar-refractivity contribution in [3.8, 4) is 11.8 Å². The van der Waals surface area contributed by atoms with Crippen molar-refractivity contribution in [2.45, 2.75) is 77.6 Å². The second-order valence-electron chi connectivity index (χ2n) is 5.12. The summed E-state index contributed by atoms with van der Waals surface area (Å²) in [6, 6.07) is 0. The molecule has 21 heavy (non-hydrogen) atoms. The smallest absolute Gasteiger partial charge is 0.303 e. The lowest BCUT2D eigenvalue weighted by atomic mass is 10.1. The number of carbonyl (C=O) groups excluding carboxylic acids is 1. The van der Waals surface area contributed by atoms with Gasteiger partial charge in [0.2, 0.25) is 0 Å². The van der Waals surface area contributed by atoms with Gasteiger partial charge in [-0.3, -0.25) is 10.1 Å². The first kappa shape index (κ1) is 19.4. The Morgan fingerprint density at radius 2 is 1.71 bits per heavy atom. The molecule has 0 aromatic carbocycles. The molecule has 0 aromatic rings. The molecule has 0 saturated carbocycles. The molecule has 4 heteroatoms. The van der Waals surface area contributed by atoms with Gasteiger partial charge in [-0.1, -0.05) is 44.9 Å². The predicted octanol–water partition coefficient (Wildman–Crippen LogP) is 4.66. The van der Waals surface area contributed by atoms with Gasteiger partial charge >= 0.3 is 5.70 Å². The number of aldehydes is 1. The van der Waals surface area contributed by atoms with Crippen LogP contribution in [0.1, 0.15) is 77.6 Å². The van der Waals surface area contributed by atoms with E-state index in [-0.39, 0.29) is 5.70 Å². The second-order valence-corrected chi connectivity index (χ2v) is 5.12. The van der Waals surface area contributed by atoms with Crippen LogP contribution in [0.15, 0.2) is 11.8 Å². The number of rotatable bonds is 12. The molecule has 0 saturated heterocycles. The van der Waals surface area contributed by atoms with E-state index in [0.717, 1.165) is 51.2 Å². The van der Waals surface area contributed by atoms with E-state index in [1.165, 1.54) is 12.8 Å². The normalized spacial score (nSPS) is 10.8. The Kier molecular flexibility index (Phi) is 13.6. The SMILES string of the molecule is CCCCCCC=C(C#CCCCCCCC=O)[N+](=O)[O-]. The summed E-state index contributed by atoms with van der Waals surface area (Å²) in [6.45, 7) is 2.14. The van der Waals surface area contributed by atoms with Gasteiger partial charge < -0.3 is 4.79 Å². The topological polar surface area (TPSA) is 60.2 Å². The first-order valence-electron chi connectivity index (χ1n) is 7.99. The Bertz CT molecular complexity index is 377. The van der Waals surface area contributed by atoms with Crippen molar-refractivity contribution in [3.05, 3.63) is 21.9 Å². The first-order valence-corrected chi connectivity index (χ1v) is 7.99. The average molecular weight is 293 g/mol. The standard InChI is InChI=1S/C17H27NO3/c1-2-3-4-8-11-14-17(18(20)21)15-12-9-6-5-7-10-13-16-19/h14,16H,2-11,13H2,1H3. The van der Waals surface area contributed by atoms with Gasteiger partial charge in [0.1, 0.15) is 6.29 Å². The maximum absolute atomic E-state index is 10.9. The third-order valence-corrected chi connectivity index (χ3v) is 3.18. The lowest BCUT2D eigenvalue weighted by Crippen LogP contribution is -1.96. The number of nitrogens with zero attached hydrogens (tertiary/aromatic N) is 1. The summed E-state index contributed by atoms with van der Waals surface area (Å²) in [5.74, 6) is 5.55. The molecule has 0 heterocycles. The molecule has 0 aliphatic rings. The molecule has 0 bridgehead atoms. The Hall–Kier alpha value is -1.63. The van der Waals surface area contributed by atoms with Crippen molar-refractivity contribution < 1.29 is 9.72 Å². The molecule has 0 rings (SSSR count). The minimum Gasteiger partial charge on any atom is -0.303 e. The molecule has 0 radical (unpaired) electrons. The highest BCUT2D eigenvalue weighted by Crippen LogP contribution is 2.07. The van der Waals surface area contributed by atoms with E-state index in [9.17, 15) is 14.9 Å². The number of unbranched alkanes of at least 4 members (excludes halogenated alkanes) is 9. The number of nitro groups is 1. The number of hydrogen-bond acceptors (Lipinski definition) is 3. The highest BCUT2D eigenvalue weighted by Gasteiger charge is 2.04. The van der Waals surface area contributed by atoms with Gasteiger partial charge in [0, 0.05) is 24.8 Å². The van der Waals surface area contributed by atoms with Gasteiger partial charge in [-0.2, -0.15) is 0 Å². The Labute approximate surface area is 128 Å². The van der Waals surface area contributed by atoms with Gasteiger partial charge in [0.15, 0.2) is 0 Å². The molecule has 0 spiro atoms. The molecule has 0 amide bonds. The maximum atomic E-state index is 10.9. The minimum atomic E-state index is -0.392. The largest absolute Gasteiger partial charge is 0.315 e. The predicted molar refractivity (Wildman–Crippen MR) is 85.4 cm³/mol. The molecule has 0 atom stereocenters. The molecular weight excluding hydrogens is 266 g/mol. The van der Waals surface area contributed by atoms with Crippen LogP contribution in [0.2, 0.25) is 0 Å². The summed E-state index contributed by atoms with van der Waals surface area (Å²) in [7, 11) is 0. The van der Waals surface area contributed by atoms with E-state index >= 15 is 0 Å². The Morgan fingerprint density at radius 1 is 1.05 bits per heavy atom. The summed E-state index contributed by atoms with van der Waals surface area (Å²) < 4.78 is 0. The van der Waals surface area contributed by atoms with Gasteiger partial charge in [0.25, 0.3) is 0 Å². The van der Waals surface area contributed by atoms with Crippen LogP contribution in [0.4, 0.5) is 0 Å². The second kappa shape index (κ2) is 14.8. The molecule has 0 aromatic heterocycles. The Balaban J connectivity index is 3.92. The fourth-order valence-electron chi connectivity index (χ4n) is 1.93. The third kappa shape index (κ3) is 13.1.